The minimum Gasteiger partial charge on any atom is -0.337 e. The van der Waals surface area contributed by atoms with E-state index in [1.54, 1.807) is 20.8 Å². The molecule has 0 bridgehead atoms. The maximum absolute atomic E-state index is 13.6. The number of nitrogens with zero attached hydrogens (tertiary/aromatic N) is 3. The van der Waals surface area contributed by atoms with Gasteiger partial charge in [-0.2, -0.15) is 0 Å². The lowest BCUT2D eigenvalue weighted by molar-refractivity contribution is -0.148. The Kier molecular flexibility index (Phi) is 7.18. The minimum absolute atomic E-state index is 0.0261. The number of benzene rings is 2. The zero-order valence-corrected chi connectivity index (χ0v) is 19.6. The molecule has 4 amide bonds. The highest BCUT2D eigenvalue weighted by molar-refractivity contribution is 6.31. The van der Waals surface area contributed by atoms with Gasteiger partial charge in [-0.1, -0.05) is 48.0 Å². The molecule has 8 heteroatoms. The van der Waals surface area contributed by atoms with Crippen LogP contribution in [0.2, 0.25) is 5.02 Å². The van der Waals surface area contributed by atoms with Gasteiger partial charge >= 0.3 is 6.03 Å². The van der Waals surface area contributed by atoms with Gasteiger partial charge in [0.05, 0.1) is 0 Å². The second kappa shape index (κ2) is 10.3. The maximum Gasteiger partial charge on any atom is 0.321 e. The SMILES string of the molecule is Cc1ccc(NC(=O)N2CCN(C(=O)C(c3ccccc3)N3CCCCC3=O)CC2)cc1Cl. The highest BCUT2D eigenvalue weighted by Gasteiger charge is 2.36. The fourth-order valence-corrected chi connectivity index (χ4v) is 4.55. The number of likely N-dealkylation sites (tertiary alicyclic amines) is 1. The van der Waals surface area contributed by atoms with E-state index in [4.69, 9.17) is 11.6 Å². The highest BCUT2D eigenvalue weighted by atomic mass is 35.5. The summed E-state index contributed by atoms with van der Waals surface area (Å²) in [6.45, 7) is 4.19. The number of rotatable bonds is 4. The number of halogens is 1. The minimum atomic E-state index is -0.617. The van der Waals surface area contributed by atoms with Crippen molar-refractivity contribution in [1.29, 1.82) is 0 Å². The Balaban J connectivity index is 1.41. The Hall–Kier alpha value is -3.06. The number of anilines is 1. The van der Waals surface area contributed by atoms with Crippen molar-refractivity contribution in [3.63, 3.8) is 0 Å². The predicted molar refractivity (Wildman–Crippen MR) is 128 cm³/mol. The predicted octanol–water partition coefficient (Wildman–Crippen LogP) is 4.08. The van der Waals surface area contributed by atoms with E-state index in [0.717, 1.165) is 24.0 Å². The van der Waals surface area contributed by atoms with E-state index in [1.165, 1.54) is 0 Å². The molecule has 1 unspecified atom stereocenters. The molecule has 4 rings (SSSR count). The van der Waals surface area contributed by atoms with E-state index >= 15 is 0 Å². The van der Waals surface area contributed by atoms with Crippen LogP contribution >= 0.6 is 11.6 Å². The van der Waals surface area contributed by atoms with E-state index in [1.807, 2.05) is 49.4 Å². The van der Waals surface area contributed by atoms with Gasteiger partial charge in [-0.25, -0.2) is 4.79 Å². The Morgan fingerprint density at radius 2 is 1.64 bits per heavy atom. The summed E-state index contributed by atoms with van der Waals surface area (Å²) in [5.74, 6) is -0.0555. The fraction of sp³-hybridized carbons (Fsp3) is 0.400. The summed E-state index contributed by atoms with van der Waals surface area (Å²) >= 11 is 6.15. The van der Waals surface area contributed by atoms with Crippen LogP contribution in [0.3, 0.4) is 0 Å². The van der Waals surface area contributed by atoms with Crippen LogP contribution in [0.1, 0.15) is 36.4 Å². The first-order chi connectivity index (χ1) is 15.9. The maximum atomic E-state index is 13.6. The third-order valence-corrected chi connectivity index (χ3v) is 6.73. The van der Waals surface area contributed by atoms with Crippen molar-refractivity contribution >= 4 is 35.1 Å². The topological polar surface area (TPSA) is 73.0 Å². The van der Waals surface area contributed by atoms with Crippen molar-refractivity contribution in [3.05, 3.63) is 64.7 Å². The lowest BCUT2D eigenvalue weighted by Gasteiger charge is -2.40. The summed E-state index contributed by atoms with van der Waals surface area (Å²) in [6.07, 6.45) is 2.25. The zero-order chi connectivity index (χ0) is 23.4. The Bertz CT molecular complexity index is 1020. The molecule has 1 atom stereocenters. The van der Waals surface area contributed by atoms with E-state index in [0.29, 0.717) is 49.9 Å². The smallest absolute Gasteiger partial charge is 0.321 e. The molecule has 0 aromatic heterocycles. The van der Waals surface area contributed by atoms with Crippen LogP contribution < -0.4 is 5.32 Å². The van der Waals surface area contributed by atoms with Crippen molar-refractivity contribution < 1.29 is 14.4 Å². The molecular weight excluding hydrogens is 440 g/mol. The molecule has 2 aliphatic heterocycles. The van der Waals surface area contributed by atoms with Gasteiger partial charge in [-0.3, -0.25) is 9.59 Å². The molecular formula is C25H29ClN4O3. The van der Waals surface area contributed by atoms with Crippen LogP contribution in [0.4, 0.5) is 10.5 Å². The summed E-state index contributed by atoms with van der Waals surface area (Å²) in [6, 6.07) is 14.1. The normalized spacial score (nSPS) is 17.6. The van der Waals surface area contributed by atoms with Crippen molar-refractivity contribution in [2.45, 2.75) is 32.2 Å². The summed E-state index contributed by atoms with van der Waals surface area (Å²) in [4.78, 5) is 44.1. The molecule has 33 heavy (non-hydrogen) atoms. The molecule has 2 aromatic carbocycles. The number of piperidine rings is 1. The molecule has 0 aliphatic carbocycles. The number of carbonyl (C=O) groups excluding carboxylic acids is 3. The van der Waals surface area contributed by atoms with Gasteiger partial charge in [0, 0.05) is 49.9 Å². The Morgan fingerprint density at radius 3 is 2.30 bits per heavy atom. The van der Waals surface area contributed by atoms with E-state index in [9.17, 15) is 14.4 Å². The van der Waals surface area contributed by atoms with Gasteiger partial charge in [-0.05, 0) is 43.0 Å². The van der Waals surface area contributed by atoms with Crippen molar-refractivity contribution in [2.24, 2.45) is 0 Å². The van der Waals surface area contributed by atoms with Crippen LogP contribution in [-0.4, -0.2) is 65.3 Å². The highest BCUT2D eigenvalue weighted by Crippen LogP contribution is 2.28. The molecule has 2 heterocycles. The zero-order valence-electron chi connectivity index (χ0n) is 18.8. The number of piperazine rings is 1. The van der Waals surface area contributed by atoms with Gasteiger partial charge in [0.15, 0.2) is 0 Å². The van der Waals surface area contributed by atoms with Gasteiger partial charge in [0.25, 0.3) is 0 Å². The Labute approximate surface area is 199 Å². The van der Waals surface area contributed by atoms with Crippen molar-refractivity contribution in [2.75, 3.05) is 38.0 Å². The summed E-state index contributed by atoms with van der Waals surface area (Å²) in [5, 5.41) is 3.48. The van der Waals surface area contributed by atoms with Crippen LogP contribution in [0, 0.1) is 6.92 Å². The molecule has 0 radical (unpaired) electrons. The summed E-state index contributed by atoms with van der Waals surface area (Å²) in [5.41, 5.74) is 2.41. The second-order valence-electron chi connectivity index (χ2n) is 8.56. The number of hydrogen-bond acceptors (Lipinski definition) is 3. The van der Waals surface area contributed by atoms with Gasteiger partial charge in [-0.15, -0.1) is 0 Å². The first kappa shape index (κ1) is 23.1. The van der Waals surface area contributed by atoms with Crippen molar-refractivity contribution in [1.82, 2.24) is 14.7 Å². The van der Waals surface area contributed by atoms with Crippen molar-refractivity contribution in [3.8, 4) is 0 Å². The van der Waals surface area contributed by atoms with Gasteiger partial charge in [0.2, 0.25) is 11.8 Å². The molecule has 2 aliphatic rings. The lowest BCUT2D eigenvalue weighted by Crippen LogP contribution is -2.55. The number of urea groups is 1. The fourth-order valence-electron chi connectivity index (χ4n) is 4.37. The standard InChI is InChI=1S/C25H29ClN4O3/c1-18-10-11-20(17-21(18)26)27-25(33)29-15-13-28(14-16-29)24(32)23(19-7-3-2-4-8-19)30-12-6-5-9-22(30)31/h2-4,7-8,10-11,17,23H,5-6,9,12-16H2,1H3,(H,27,33). The first-order valence-electron chi connectivity index (χ1n) is 11.4. The molecule has 2 fully saturated rings. The lowest BCUT2D eigenvalue weighted by atomic mass is 9.99. The monoisotopic (exact) mass is 468 g/mol. The third-order valence-electron chi connectivity index (χ3n) is 6.32. The number of amides is 4. The number of hydrogen-bond donors (Lipinski definition) is 1. The van der Waals surface area contributed by atoms with Crippen LogP contribution in [-0.2, 0) is 9.59 Å². The third kappa shape index (κ3) is 5.30. The van der Waals surface area contributed by atoms with E-state index in [-0.39, 0.29) is 17.8 Å². The quantitative estimate of drug-likeness (QED) is 0.734. The molecule has 0 spiro atoms. The molecule has 2 saturated heterocycles. The first-order valence-corrected chi connectivity index (χ1v) is 11.8. The summed E-state index contributed by atoms with van der Waals surface area (Å²) < 4.78 is 0. The molecule has 2 aromatic rings. The van der Waals surface area contributed by atoms with E-state index < -0.39 is 6.04 Å². The molecule has 1 N–H and O–H groups in total. The largest absolute Gasteiger partial charge is 0.337 e. The molecule has 174 valence electrons. The molecule has 0 saturated carbocycles. The average molecular weight is 469 g/mol. The number of nitrogens with one attached hydrogen (secondary N) is 1. The van der Waals surface area contributed by atoms with Gasteiger partial charge in [0.1, 0.15) is 6.04 Å². The number of carbonyl (C=O) groups is 3. The van der Waals surface area contributed by atoms with E-state index in [2.05, 4.69) is 5.32 Å². The molecule has 7 nitrogen and oxygen atoms in total. The average Bonchev–Trinajstić information content (AvgIpc) is 2.83. The Morgan fingerprint density at radius 1 is 0.939 bits per heavy atom. The number of aryl methyl sites for hydroxylation is 1. The van der Waals surface area contributed by atoms with Crippen LogP contribution in [0.25, 0.3) is 0 Å². The van der Waals surface area contributed by atoms with Crippen LogP contribution in [0.5, 0.6) is 0 Å². The second-order valence-corrected chi connectivity index (χ2v) is 8.97. The summed E-state index contributed by atoms with van der Waals surface area (Å²) in [7, 11) is 0. The van der Waals surface area contributed by atoms with Crippen LogP contribution in [0.15, 0.2) is 48.5 Å². The van der Waals surface area contributed by atoms with Gasteiger partial charge < -0.3 is 20.0 Å².